The molecular weight excluding hydrogens is 338 g/mol. The third kappa shape index (κ3) is 5.17. The molecule has 1 aliphatic rings. The molecule has 0 radical (unpaired) electrons. The van der Waals surface area contributed by atoms with E-state index >= 15 is 0 Å². The van der Waals surface area contributed by atoms with Crippen LogP contribution in [-0.4, -0.2) is 17.9 Å². The van der Waals surface area contributed by atoms with Crippen LogP contribution in [0.4, 0.5) is 0 Å². The number of rotatable bonds is 7. The van der Waals surface area contributed by atoms with Crippen molar-refractivity contribution in [3.63, 3.8) is 0 Å². The molecule has 1 unspecified atom stereocenters. The van der Waals surface area contributed by atoms with Crippen molar-refractivity contribution in [2.75, 3.05) is 0 Å². The number of benzene rings is 2. The standard InChI is InChI=1S/C22H27N3O2/c1-15(2)21(25-20(26)11-16-6-4-3-5-7-16)22(27)24-12-17-8-9-18-13-23-14-19(18)10-17/h3-10,15,21,23H,11-14H2,1-2H3,(H,24,27)(H,25,26). The third-order valence-electron chi connectivity index (χ3n) is 4.84. The number of carbonyl (C=O) groups excluding carboxylic acids is 2. The van der Waals surface area contributed by atoms with E-state index in [1.807, 2.05) is 50.2 Å². The molecule has 0 saturated carbocycles. The van der Waals surface area contributed by atoms with E-state index in [9.17, 15) is 9.59 Å². The zero-order valence-electron chi connectivity index (χ0n) is 15.9. The predicted molar refractivity (Wildman–Crippen MR) is 106 cm³/mol. The zero-order valence-corrected chi connectivity index (χ0v) is 15.9. The minimum Gasteiger partial charge on any atom is -0.350 e. The Balaban J connectivity index is 1.55. The van der Waals surface area contributed by atoms with Gasteiger partial charge in [-0.25, -0.2) is 0 Å². The highest BCUT2D eigenvalue weighted by atomic mass is 16.2. The van der Waals surface area contributed by atoms with Crippen LogP contribution in [0.1, 0.15) is 36.1 Å². The Hall–Kier alpha value is -2.66. The van der Waals surface area contributed by atoms with E-state index in [2.05, 4.69) is 28.1 Å². The fourth-order valence-electron chi connectivity index (χ4n) is 3.30. The Morgan fingerprint density at radius 1 is 1.00 bits per heavy atom. The van der Waals surface area contributed by atoms with Crippen molar-refractivity contribution in [1.82, 2.24) is 16.0 Å². The first-order valence-electron chi connectivity index (χ1n) is 9.45. The minimum atomic E-state index is -0.544. The summed E-state index contributed by atoms with van der Waals surface area (Å²) in [6.07, 6.45) is 0.273. The molecule has 5 nitrogen and oxygen atoms in total. The van der Waals surface area contributed by atoms with Gasteiger partial charge in [-0.1, -0.05) is 62.4 Å². The van der Waals surface area contributed by atoms with Crippen LogP contribution in [0.15, 0.2) is 48.5 Å². The lowest BCUT2D eigenvalue weighted by Crippen LogP contribution is -2.49. The molecule has 1 atom stereocenters. The maximum absolute atomic E-state index is 12.6. The van der Waals surface area contributed by atoms with E-state index in [1.54, 1.807) is 0 Å². The van der Waals surface area contributed by atoms with Gasteiger partial charge in [0.05, 0.1) is 6.42 Å². The van der Waals surface area contributed by atoms with E-state index in [1.165, 1.54) is 11.1 Å². The maximum Gasteiger partial charge on any atom is 0.243 e. The summed E-state index contributed by atoms with van der Waals surface area (Å²) in [6, 6.07) is 15.3. The Morgan fingerprint density at radius 2 is 1.74 bits per heavy atom. The number of hydrogen-bond acceptors (Lipinski definition) is 3. The molecule has 1 aliphatic heterocycles. The lowest BCUT2D eigenvalue weighted by atomic mass is 10.0. The number of carbonyl (C=O) groups is 2. The van der Waals surface area contributed by atoms with Gasteiger partial charge in [-0.15, -0.1) is 0 Å². The number of nitrogens with one attached hydrogen (secondary N) is 3. The van der Waals surface area contributed by atoms with Crippen LogP contribution in [0.3, 0.4) is 0 Å². The van der Waals surface area contributed by atoms with Crippen molar-refractivity contribution in [3.05, 3.63) is 70.8 Å². The van der Waals surface area contributed by atoms with Crippen molar-refractivity contribution in [2.45, 2.75) is 45.9 Å². The number of amides is 2. The lowest BCUT2D eigenvalue weighted by molar-refractivity contribution is -0.129. The summed E-state index contributed by atoms with van der Waals surface area (Å²) in [7, 11) is 0. The second-order valence-electron chi connectivity index (χ2n) is 7.38. The van der Waals surface area contributed by atoms with Gasteiger partial charge in [-0.05, 0) is 28.2 Å². The van der Waals surface area contributed by atoms with Crippen LogP contribution in [0.5, 0.6) is 0 Å². The van der Waals surface area contributed by atoms with E-state index in [0.29, 0.717) is 6.54 Å². The largest absolute Gasteiger partial charge is 0.350 e. The molecule has 2 amide bonds. The second-order valence-corrected chi connectivity index (χ2v) is 7.38. The van der Waals surface area contributed by atoms with Gasteiger partial charge in [0.2, 0.25) is 11.8 Å². The van der Waals surface area contributed by atoms with Gasteiger partial charge in [0, 0.05) is 19.6 Å². The van der Waals surface area contributed by atoms with Crippen molar-refractivity contribution < 1.29 is 9.59 Å². The molecule has 0 saturated heterocycles. The molecule has 27 heavy (non-hydrogen) atoms. The molecule has 5 heteroatoms. The average Bonchev–Trinajstić information content (AvgIpc) is 3.12. The van der Waals surface area contributed by atoms with Crippen LogP contribution in [0.2, 0.25) is 0 Å². The molecule has 1 heterocycles. The third-order valence-corrected chi connectivity index (χ3v) is 4.84. The summed E-state index contributed by atoms with van der Waals surface area (Å²) in [5.74, 6) is -0.280. The molecule has 2 aromatic carbocycles. The molecule has 0 bridgehead atoms. The highest BCUT2D eigenvalue weighted by Crippen LogP contribution is 2.17. The van der Waals surface area contributed by atoms with Gasteiger partial charge in [-0.2, -0.15) is 0 Å². The van der Waals surface area contributed by atoms with E-state index in [-0.39, 0.29) is 24.2 Å². The number of hydrogen-bond donors (Lipinski definition) is 3. The molecular formula is C22H27N3O2. The van der Waals surface area contributed by atoms with Crippen LogP contribution in [0.25, 0.3) is 0 Å². The van der Waals surface area contributed by atoms with Gasteiger partial charge in [-0.3, -0.25) is 9.59 Å². The first-order chi connectivity index (χ1) is 13.0. The summed E-state index contributed by atoms with van der Waals surface area (Å²) in [5.41, 5.74) is 4.62. The lowest BCUT2D eigenvalue weighted by Gasteiger charge is -2.22. The van der Waals surface area contributed by atoms with Crippen LogP contribution >= 0.6 is 0 Å². The van der Waals surface area contributed by atoms with E-state index in [0.717, 1.165) is 24.2 Å². The van der Waals surface area contributed by atoms with Crippen molar-refractivity contribution in [2.24, 2.45) is 5.92 Å². The van der Waals surface area contributed by atoms with Crippen molar-refractivity contribution in [3.8, 4) is 0 Å². The van der Waals surface area contributed by atoms with Gasteiger partial charge in [0.15, 0.2) is 0 Å². The first kappa shape index (κ1) is 19.1. The molecule has 0 aromatic heterocycles. The topological polar surface area (TPSA) is 70.2 Å². The van der Waals surface area contributed by atoms with Crippen LogP contribution < -0.4 is 16.0 Å². The molecule has 0 aliphatic carbocycles. The van der Waals surface area contributed by atoms with Gasteiger partial charge in [0.25, 0.3) is 0 Å². The summed E-state index contributed by atoms with van der Waals surface area (Å²) < 4.78 is 0. The Morgan fingerprint density at radius 3 is 2.48 bits per heavy atom. The fraction of sp³-hybridized carbons (Fsp3) is 0.364. The van der Waals surface area contributed by atoms with Gasteiger partial charge >= 0.3 is 0 Å². The summed E-state index contributed by atoms with van der Waals surface area (Å²) in [6.45, 7) is 6.12. The fourth-order valence-corrected chi connectivity index (χ4v) is 3.30. The number of fused-ring (bicyclic) bond motifs is 1. The Bertz CT molecular complexity index is 802. The summed E-state index contributed by atoms with van der Waals surface area (Å²) in [5, 5.41) is 9.17. The smallest absolute Gasteiger partial charge is 0.243 e. The molecule has 3 N–H and O–H groups in total. The summed E-state index contributed by atoms with van der Waals surface area (Å²) >= 11 is 0. The van der Waals surface area contributed by atoms with Crippen molar-refractivity contribution in [1.29, 1.82) is 0 Å². The molecule has 142 valence electrons. The van der Waals surface area contributed by atoms with E-state index in [4.69, 9.17) is 0 Å². The van der Waals surface area contributed by atoms with Crippen LogP contribution in [-0.2, 0) is 35.6 Å². The highest BCUT2D eigenvalue weighted by Gasteiger charge is 2.24. The zero-order chi connectivity index (χ0) is 19.2. The van der Waals surface area contributed by atoms with Crippen molar-refractivity contribution >= 4 is 11.8 Å². The maximum atomic E-state index is 12.6. The SMILES string of the molecule is CC(C)C(NC(=O)Cc1ccccc1)C(=O)NCc1ccc2c(c1)CNC2. The molecule has 0 fully saturated rings. The highest BCUT2D eigenvalue weighted by molar-refractivity contribution is 5.88. The quantitative estimate of drug-likeness (QED) is 0.705. The normalized spacial score (nSPS) is 13.9. The van der Waals surface area contributed by atoms with Gasteiger partial charge < -0.3 is 16.0 Å². The molecule has 0 spiro atoms. The minimum absolute atomic E-state index is 0.00828. The van der Waals surface area contributed by atoms with E-state index < -0.39 is 6.04 Å². The Labute approximate surface area is 160 Å². The average molecular weight is 365 g/mol. The van der Waals surface area contributed by atoms with Crippen LogP contribution in [0, 0.1) is 5.92 Å². The second kappa shape index (κ2) is 8.82. The predicted octanol–water partition coefficient (Wildman–Crippen LogP) is 2.29. The molecule has 2 aromatic rings. The molecule has 3 rings (SSSR count). The van der Waals surface area contributed by atoms with Gasteiger partial charge in [0.1, 0.15) is 6.04 Å². The first-order valence-corrected chi connectivity index (χ1v) is 9.45. The monoisotopic (exact) mass is 365 g/mol. The Kier molecular flexibility index (Phi) is 6.24. The summed E-state index contributed by atoms with van der Waals surface area (Å²) in [4.78, 5) is 25.0.